The lowest BCUT2D eigenvalue weighted by atomic mass is 10.1. The van der Waals surface area contributed by atoms with Crippen LogP contribution in [-0.2, 0) is 0 Å². The zero-order valence-electron chi connectivity index (χ0n) is 10.2. The van der Waals surface area contributed by atoms with Crippen LogP contribution in [-0.4, -0.2) is 18.0 Å². The first-order valence-electron chi connectivity index (χ1n) is 5.68. The molecule has 0 unspecified atom stereocenters. The first-order chi connectivity index (χ1) is 7.70. The summed E-state index contributed by atoms with van der Waals surface area (Å²) in [7, 11) is 1.64. The molecule has 0 fully saturated rings. The van der Waals surface area contributed by atoms with Crippen LogP contribution in [0.25, 0.3) is 0 Å². The van der Waals surface area contributed by atoms with E-state index in [1.165, 1.54) is 12.8 Å². The van der Waals surface area contributed by atoms with E-state index in [-0.39, 0.29) is 0 Å². The van der Waals surface area contributed by atoms with Crippen LogP contribution in [0.5, 0.6) is 5.75 Å². The number of thioether (sulfide) groups is 1. The molecule has 0 heterocycles. The molecule has 90 valence electrons. The van der Waals surface area contributed by atoms with Crippen LogP contribution < -0.4 is 4.74 Å². The Labute approximate surface area is 102 Å². The molecule has 0 aliphatic carbocycles. The summed E-state index contributed by atoms with van der Waals surface area (Å²) in [6.45, 7) is 3.96. The lowest BCUT2D eigenvalue weighted by molar-refractivity contribution is 0.191. The molecule has 1 aromatic carbocycles. The second-order valence-electron chi connectivity index (χ2n) is 3.75. The standard InChI is InChI=1S/C13H20O2S/c1-4-5-9-16-12-8-6-7-11(15-3)13(12)10(2)14/h6-8,10,14H,4-5,9H2,1-3H3/t10-/m1/s1. The highest BCUT2D eigenvalue weighted by molar-refractivity contribution is 7.99. The summed E-state index contributed by atoms with van der Waals surface area (Å²) in [6.07, 6.45) is 1.91. The molecule has 0 spiro atoms. The molecule has 0 saturated heterocycles. The average Bonchev–Trinajstić information content (AvgIpc) is 2.28. The third-order valence-electron chi connectivity index (χ3n) is 2.42. The van der Waals surface area contributed by atoms with Gasteiger partial charge >= 0.3 is 0 Å². The van der Waals surface area contributed by atoms with Crippen molar-refractivity contribution in [2.75, 3.05) is 12.9 Å². The number of aliphatic hydroxyl groups is 1. The van der Waals surface area contributed by atoms with Gasteiger partial charge in [-0.2, -0.15) is 0 Å². The minimum atomic E-state index is -0.486. The van der Waals surface area contributed by atoms with E-state index in [2.05, 4.69) is 6.92 Å². The zero-order chi connectivity index (χ0) is 12.0. The van der Waals surface area contributed by atoms with Crippen molar-refractivity contribution >= 4 is 11.8 Å². The number of hydrogen-bond acceptors (Lipinski definition) is 3. The predicted octanol–water partition coefficient (Wildman–Crippen LogP) is 3.64. The second-order valence-corrected chi connectivity index (χ2v) is 4.89. The van der Waals surface area contributed by atoms with Gasteiger partial charge in [-0.25, -0.2) is 0 Å². The topological polar surface area (TPSA) is 29.5 Å². The molecule has 0 aromatic heterocycles. The Hall–Kier alpha value is -0.670. The Balaban J connectivity index is 2.89. The molecule has 1 N–H and O–H groups in total. The molecular formula is C13H20O2S. The van der Waals surface area contributed by atoms with Gasteiger partial charge < -0.3 is 9.84 Å². The fraction of sp³-hybridized carbons (Fsp3) is 0.538. The van der Waals surface area contributed by atoms with Crippen LogP contribution in [0.2, 0.25) is 0 Å². The number of ether oxygens (including phenoxy) is 1. The largest absolute Gasteiger partial charge is 0.496 e. The Morgan fingerprint density at radius 1 is 1.44 bits per heavy atom. The summed E-state index contributed by atoms with van der Waals surface area (Å²) >= 11 is 1.79. The van der Waals surface area contributed by atoms with Gasteiger partial charge in [-0.1, -0.05) is 19.4 Å². The van der Waals surface area contributed by atoms with E-state index in [1.54, 1.807) is 25.8 Å². The molecule has 0 bridgehead atoms. The highest BCUT2D eigenvalue weighted by atomic mass is 32.2. The van der Waals surface area contributed by atoms with E-state index in [0.29, 0.717) is 0 Å². The lowest BCUT2D eigenvalue weighted by Crippen LogP contribution is -1.99. The van der Waals surface area contributed by atoms with Crippen molar-refractivity contribution in [1.29, 1.82) is 0 Å². The molecular weight excluding hydrogens is 220 g/mol. The Kier molecular flexibility index (Phi) is 5.71. The average molecular weight is 240 g/mol. The van der Waals surface area contributed by atoms with Crippen molar-refractivity contribution in [3.8, 4) is 5.75 Å². The summed E-state index contributed by atoms with van der Waals surface area (Å²) in [5, 5.41) is 9.78. The zero-order valence-corrected chi connectivity index (χ0v) is 11.0. The maximum absolute atomic E-state index is 9.78. The number of methoxy groups -OCH3 is 1. The van der Waals surface area contributed by atoms with Crippen LogP contribution >= 0.6 is 11.8 Å². The van der Waals surface area contributed by atoms with Gasteiger partial charge in [0.15, 0.2) is 0 Å². The van der Waals surface area contributed by atoms with Crippen LogP contribution in [0.15, 0.2) is 23.1 Å². The van der Waals surface area contributed by atoms with Crippen molar-refractivity contribution in [3.63, 3.8) is 0 Å². The van der Waals surface area contributed by atoms with E-state index in [4.69, 9.17) is 4.74 Å². The molecule has 16 heavy (non-hydrogen) atoms. The molecule has 0 aliphatic heterocycles. The van der Waals surface area contributed by atoms with Crippen LogP contribution in [0.4, 0.5) is 0 Å². The van der Waals surface area contributed by atoms with Gasteiger partial charge in [0.05, 0.1) is 13.2 Å². The normalized spacial score (nSPS) is 12.5. The second kappa shape index (κ2) is 6.81. The van der Waals surface area contributed by atoms with Gasteiger partial charge in [0.25, 0.3) is 0 Å². The maximum atomic E-state index is 9.78. The van der Waals surface area contributed by atoms with Crippen molar-refractivity contribution in [2.24, 2.45) is 0 Å². The molecule has 0 radical (unpaired) electrons. The first kappa shape index (κ1) is 13.4. The summed E-state index contributed by atoms with van der Waals surface area (Å²) in [6, 6.07) is 5.91. The van der Waals surface area contributed by atoms with E-state index >= 15 is 0 Å². The third-order valence-corrected chi connectivity index (χ3v) is 3.58. The summed E-state index contributed by atoms with van der Waals surface area (Å²) in [5.41, 5.74) is 0.908. The van der Waals surface area contributed by atoms with E-state index in [0.717, 1.165) is 22.0 Å². The number of rotatable bonds is 6. The molecule has 1 aromatic rings. The summed E-state index contributed by atoms with van der Waals surface area (Å²) < 4.78 is 5.28. The number of aliphatic hydroxyl groups excluding tert-OH is 1. The molecule has 1 rings (SSSR count). The van der Waals surface area contributed by atoms with Gasteiger partial charge in [0.2, 0.25) is 0 Å². The molecule has 0 amide bonds. The Morgan fingerprint density at radius 3 is 2.75 bits per heavy atom. The van der Waals surface area contributed by atoms with Crippen LogP contribution in [0, 0.1) is 0 Å². The van der Waals surface area contributed by atoms with Gasteiger partial charge in [-0.3, -0.25) is 0 Å². The van der Waals surface area contributed by atoms with Gasteiger partial charge in [0.1, 0.15) is 5.75 Å². The Bertz CT molecular complexity index is 324. The van der Waals surface area contributed by atoms with Gasteiger partial charge in [0, 0.05) is 10.5 Å². The van der Waals surface area contributed by atoms with Crippen molar-refractivity contribution < 1.29 is 9.84 Å². The summed E-state index contributed by atoms with van der Waals surface area (Å²) in [5.74, 6) is 1.86. The fourth-order valence-corrected chi connectivity index (χ4v) is 2.82. The summed E-state index contributed by atoms with van der Waals surface area (Å²) in [4.78, 5) is 1.13. The smallest absolute Gasteiger partial charge is 0.125 e. The molecule has 0 saturated carbocycles. The monoisotopic (exact) mass is 240 g/mol. The number of benzene rings is 1. The third kappa shape index (κ3) is 3.42. The predicted molar refractivity (Wildman–Crippen MR) is 69.3 cm³/mol. The van der Waals surface area contributed by atoms with E-state index in [1.807, 2.05) is 18.2 Å². The molecule has 0 aliphatic rings. The van der Waals surface area contributed by atoms with E-state index in [9.17, 15) is 5.11 Å². The van der Waals surface area contributed by atoms with Crippen LogP contribution in [0.3, 0.4) is 0 Å². The number of hydrogen-bond donors (Lipinski definition) is 1. The first-order valence-corrected chi connectivity index (χ1v) is 6.67. The van der Waals surface area contributed by atoms with Gasteiger partial charge in [-0.15, -0.1) is 11.8 Å². The molecule has 2 nitrogen and oxygen atoms in total. The van der Waals surface area contributed by atoms with Crippen LogP contribution in [0.1, 0.15) is 38.4 Å². The van der Waals surface area contributed by atoms with Gasteiger partial charge in [-0.05, 0) is 31.2 Å². The molecule has 3 heteroatoms. The highest BCUT2D eigenvalue weighted by Gasteiger charge is 2.13. The van der Waals surface area contributed by atoms with E-state index < -0.39 is 6.10 Å². The highest BCUT2D eigenvalue weighted by Crippen LogP contribution is 2.35. The Morgan fingerprint density at radius 2 is 2.19 bits per heavy atom. The SMILES string of the molecule is CCCCSc1cccc(OC)c1[C@@H](C)O. The molecule has 1 atom stereocenters. The lowest BCUT2D eigenvalue weighted by Gasteiger charge is -2.15. The minimum Gasteiger partial charge on any atom is -0.496 e. The van der Waals surface area contributed by atoms with Crippen molar-refractivity contribution in [2.45, 2.75) is 37.7 Å². The van der Waals surface area contributed by atoms with Crippen molar-refractivity contribution in [1.82, 2.24) is 0 Å². The number of unbranched alkanes of at least 4 members (excludes halogenated alkanes) is 1. The van der Waals surface area contributed by atoms with Crippen molar-refractivity contribution in [3.05, 3.63) is 23.8 Å². The fourth-order valence-electron chi connectivity index (χ4n) is 1.57. The maximum Gasteiger partial charge on any atom is 0.125 e. The minimum absolute atomic E-state index is 0.486. The quantitative estimate of drug-likeness (QED) is 0.608.